The number of benzene rings is 2. The molecule has 0 spiro atoms. The third-order valence-electron chi connectivity index (χ3n) is 5.54. The fraction of sp³-hybridized carbons (Fsp3) is 0.125. The maximum Gasteiger partial charge on any atom is 0.257 e. The SMILES string of the molecule is Cc1cc(NC(=O)c2ccccc2Br)n(-c2ncnc3c2cnn3-c2cccc(C)c2C)n1. The second-order valence-electron chi connectivity index (χ2n) is 7.73. The third-order valence-corrected chi connectivity index (χ3v) is 6.23. The smallest absolute Gasteiger partial charge is 0.257 e. The van der Waals surface area contributed by atoms with Crippen LogP contribution in [0.1, 0.15) is 27.2 Å². The molecular weight excluding hydrogens is 482 g/mol. The van der Waals surface area contributed by atoms with E-state index in [2.05, 4.69) is 61.3 Å². The Hall–Kier alpha value is -3.85. The lowest BCUT2D eigenvalue weighted by molar-refractivity contribution is 0.102. The first-order chi connectivity index (χ1) is 15.9. The van der Waals surface area contributed by atoms with Crippen LogP contribution in [0.5, 0.6) is 0 Å². The van der Waals surface area contributed by atoms with Gasteiger partial charge in [-0.3, -0.25) is 4.79 Å². The Kier molecular flexibility index (Phi) is 5.26. The van der Waals surface area contributed by atoms with E-state index in [4.69, 9.17) is 0 Å². The minimum Gasteiger partial charge on any atom is -0.306 e. The second-order valence-corrected chi connectivity index (χ2v) is 8.58. The fourth-order valence-electron chi connectivity index (χ4n) is 3.72. The molecule has 0 unspecified atom stereocenters. The molecule has 1 amide bonds. The van der Waals surface area contributed by atoms with Gasteiger partial charge in [0.1, 0.15) is 12.1 Å². The average molecular weight is 502 g/mol. The summed E-state index contributed by atoms with van der Waals surface area (Å²) in [6, 6.07) is 15.1. The van der Waals surface area contributed by atoms with Gasteiger partial charge in [0.25, 0.3) is 5.91 Å². The summed E-state index contributed by atoms with van der Waals surface area (Å²) in [6.45, 7) is 5.99. The van der Waals surface area contributed by atoms with Crippen molar-refractivity contribution in [2.24, 2.45) is 0 Å². The molecule has 0 bridgehead atoms. The molecule has 0 saturated heterocycles. The first kappa shape index (κ1) is 21.0. The monoisotopic (exact) mass is 501 g/mol. The number of anilines is 1. The number of rotatable bonds is 4. The largest absolute Gasteiger partial charge is 0.306 e. The average Bonchev–Trinajstić information content (AvgIpc) is 3.39. The zero-order chi connectivity index (χ0) is 23.1. The van der Waals surface area contributed by atoms with Crippen molar-refractivity contribution in [1.29, 1.82) is 0 Å². The van der Waals surface area contributed by atoms with Crippen molar-refractivity contribution in [3.63, 3.8) is 0 Å². The van der Waals surface area contributed by atoms with Gasteiger partial charge < -0.3 is 5.32 Å². The van der Waals surface area contributed by atoms with Crippen LogP contribution in [-0.4, -0.2) is 35.4 Å². The van der Waals surface area contributed by atoms with Gasteiger partial charge in [0.15, 0.2) is 11.5 Å². The zero-order valence-corrected chi connectivity index (χ0v) is 19.8. The van der Waals surface area contributed by atoms with Crippen LogP contribution in [0.4, 0.5) is 5.82 Å². The van der Waals surface area contributed by atoms with Gasteiger partial charge in [-0.2, -0.15) is 14.9 Å². The number of halogens is 1. The summed E-state index contributed by atoms with van der Waals surface area (Å²) in [6.07, 6.45) is 3.21. The van der Waals surface area contributed by atoms with Gasteiger partial charge >= 0.3 is 0 Å². The van der Waals surface area contributed by atoms with Crippen molar-refractivity contribution in [1.82, 2.24) is 29.5 Å². The van der Waals surface area contributed by atoms with Crippen LogP contribution in [0.15, 0.2) is 65.5 Å². The molecular formula is C24H20BrN7O. The van der Waals surface area contributed by atoms with Crippen LogP contribution in [0.3, 0.4) is 0 Å². The maximum absolute atomic E-state index is 12.9. The zero-order valence-electron chi connectivity index (χ0n) is 18.2. The number of nitrogens with zero attached hydrogens (tertiary/aromatic N) is 6. The standard InChI is InChI=1S/C24H20BrN7O/c1-14-7-6-10-20(16(14)3)31-22-18(12-28-31)23(27-13-26-22)32-21(11-15(2)30-32)29-24(33)17-8-4-5-9-19(17)25/h4-13H,1-3H3,(H,29,33). The maximum atomic E-state index is 12.9. The van der Waals surface area contributed by atoms with E-state index in [0.29, 0.717) is 27.3 Å². The highest BCUT2D eigenvalue weighted by atomic mass is 79.9. The molecule has 5 aromatic rings. The molecule has 5 rings (SSSR count). The fourth-order valence-corrected chi connectivity index (χ4v) is 4.19. The summed E-state index contributed by atoms with van der Waals surface area (Å²) < 4.78 is 4.13. The molecule has 3 heterocycles. The van der Waals surface area contributed by atoms with E-state index >= 15 is 0 Å². The van der Waals surface area contributed by atoms with Crippen molar-refractivity contribution < 1.29 is 4.79 Å². The molecule has 2 aromatic carbocycles. The van der Waals surface area contributed by atoms with Crippen LogP contribution < -0.4 is 5.32 Å². The minimum absolute atomic E-state index is 0.250. The molecule has 0 aliphatic heterocycles. The van der Waals surface area contributed by atoms with Crippen LogP contribution in [0, 0.1) is 20.8 Å². The molecule has 164 valence electrons. The molecule has 9 heteroatoms. The highest BCUT2D eigenvalue weighted by Crippen LogP contribution is 2.26. The van der Waals surface area contributed by atoms with E-state index in [1.54, 1.807) is 27.7 Å². The first-order valence-corrected chi connectivity index (χ1v) is 11.1. The van der Waals surface area contributed by atoms with Gasteiger partial charge in [0, 0.05) is 10.5 Å². The molecule has 0 saturated carbocycles. The summed E-state index contributed by atoms with van der Waals surface area (Å²) in [5.41, 5.74) is 5.17. The van der Waals surface area contributed by atoms with Crippen molar-refractivity contribution >= 4 is 38.7 Å². The normalized spacial score (nSPS) is 11.2. The van der Waals surface area contributed by atoms with Crippen molar-refractivity contribution in [2.75, 3.05) is 5.32 Å². The number of fused-ring (bicyclic) bond motifs is 1. The van der Waals surface area contributed by atoms with Crippen LogP contribution in [-0.2, 0) is 0 Å². The van der Waals surface area contributed by atoms with Gasteiger partial charge in [-0.15, -0.1) is 0 Å². The van der Waals surface area contributed by atoms with Gasteiger partial charge in [0.05, 0.1) is 28.5 Å². The van der Waals surface area contributed by atoms with Crippen molar-refractivity contribution in [3.8, 4) is 11.5 Å². The molecule has 0 atom stereocenters. The molecule has 8 nitrogen and oxygen atoms in total. The molecule has 0 aliphatic carbocycles. The highest BCUT2D eigenvalue weighted by Gasteiger charge is 2.19. The Morgan fingerprint density at radius 1 is 1.00 bits per heavy atom. The van der Waals surface area contributed by atoms with Gasteiger partial charge in [-0.25, -0.2) is 14.6 Å². The first-order valence-electron chi connectivity index (χ1n) is 10.3. The number of hydrogen-bond donors (Lipinski definition) is 1. The minimum atomic E-state index is -0.250. The predicted octanol–water partition coefficient (Wildman–Crippen LogP) is 4.94. The number of aryl methyl sites for hydroxylation is 2. The molecule has 0 aliphatic rings. The Labute approximate surface area is 198 Å². The van der Waals surface area contributed by atoms with E-state index in [9.17, 15) is 4.79 Å². The Morgan fingerprint density at radius 3 is 2.64 bits per heavy atom. The third kappa shape index (κ3) is 3.70. The molecule has 0 radical (unpaired) electrons. The van der Waals surface area contributed by atoms with E-state index < -0.39 is 0 Å². The number of nitrogens with one attached hydrogen (secondary N) is 1. The number of carbonyl (C=O) groups excluding carboxylic acids is 1. The van der Waals surface area contributed by atoms with Gasteiger partial charge in [-0.05, 0) is 66.0 Å². The van der Waals surface area contributed by atoms with E-state index in [0.717, 1.165) is 22.3 Å². The topological polar surface area (TPSA) is 90.5 Å². The van der Waals surface area contributed by atoms with E-state index in [-0.39, 0.29) is 5.91 Å². The summed E-state index contributed by atoms with van der Waals surface area (Å²) in [7, 11) is 0. The van der Waals surface area contributed by atoms with Gasteiger partial charge in [-0.1, -0.05) is 24.3 Å². The Bertz CT molecular complexity index is 1520. The van der Waals surface area contributed by atoms with Gasteiger partial charge in [0.2, 0.25) is 0 Å². The lowest BCUT2D eigenvalue weighted by Gasteiger charge is -2.11. The molecule has 33 heavy (non-hydrogen) atoms. The second kappa shape index (κ2) is 8.25. The number of hydrogen-bond acceptors (Lipinski definition) is 5. The Morgan fingerprint density at radius 2 is 1.82 bits per heavy atom. The highest BCUT2D eigenvalue weighted by molar-refractivity contribution is 9.10. The lowest BCUT2D eigenvalue weighted by Crippen LogP contribution is -2.16. The number of carbonyl (C=O) groups is 1. The van der Waals surface area contributed by atoms with Crippen molar-refractivity contribution in [2.45, 2.75) is 20.8 Å². The van der Waals surface area contributed by atoms with Crippen LogP contribution in [0.25, 0.3) is 22.5 Å². The van der Waals surface area contributed by atoms with Crippen molar-refractivity contribution in [3.05, 3.63) is 87.9 Å². The van der Waals surface area contributed by atoms with E-state index in [1.165, 1.54) is 11.9 Å². The Balaban J connectivity index is 1.60. The van der Waals surface area contributed by atoms with E-state index in [1.807, 2.05) is 37.3 Å². The number of amides is 1. The van der Waals surface area contributed by atoms with Crippen LogP contribution in [0.2, 0.25) is 0 Å². The summed E-state index contributed by atoms with van der Waals surface area (Å²) in [5.74, 6) is 0.792. The lowest BCUT2D eigenvalue weighted by atomic mass is 10.1. The summed E-state index contributed by atoms with van der Waals surface area (Å²) >= 11 is 3.43. The summed E-state index contributed by atoms with van der Waals surface area (Å²) in [5, 5.41) is 12.8. The summed E-state index contributed by atoms with van der Waals surface area (Å²) in [4.78, 5) is 21.9. The molecule has 0 fully saturated rings. The quantitative estimate of drug-likeness (QED) is 0.376. The molecule has 1 N–H and O–H groups in total. The van der Waals surface area contributed by atoms with Crippen LogP contribution >= 0.6 is 15.9 Å². The molecule has 3 aromatic heterocycles. The number of aromatic nitrogens is 6. The predicted molar refractivity (Wildman–Crippen MR) is 130 cm³/mol.